The second-order valence-electron chi connectivity index (χ2n) is 8.04. The highest BCUT2D eigenvalue weighted by Crippen LogP contribution is 2.30. The first-order valence-electron chi connectivity index (χ1n) is 11.7. The van der Waals surface area contributed by atoms with Gasteiger partial charge in [0.25, 0.3) is 0 Å². The van der Waals surface area contributed by atoms with E-state index in [0.29, 0.717) is 46.4 Å². The number of carboxylic acid groups (broad SMARTS) is 1. The Bertz CT molecular complexity index is 1300. The maximum atomic E-state index is 11.9. The summed E-state index contributed by atoms with van der Waals surface area (Å²) >= 11 is 0. The van der Waals surface area contributed by atoms with Crippen LogP contribution in [0.1, 0.15) is 42.7 Å². The Kier molecular flexibility index (Phi) is 9.58. The lowest BCUT2D eigenvalue weighted by molar-refractivity contribution is -0.142. The van der Waals surface area contributed by atoms with Gasteiger partial charge >= 0.3 is 11.9 Å². The summed E-state index contributed by atoms with van der Waals surface area (Å²) in [6, 6.07) is 18.0. The predicted molar refractivity (Wildman–Crippen MR) is 134 cm³/mol. The zero-order chi connectivity index (χ0) is 26.8. The molecular weight excluding hydrogens is 476 g/mol. The van der Waals surface area contributed by atoms with Gasteiger partial charge in [-0.15, -0.1) is 0 Å². The minimum absolute atomic E-state index is 0.212. The van der Waals surface area contributed by atoms with E-state index < -0.39 is 18.0 Å². The van der Waals surface area contributed by atoms with Crippen LogP contribution in [0, 0.1) is 18.3 Å². The maximum Gasteiger partial charge on any atom is 0.311 e. The Morgan fingerprint density at radius 2 is 1.89 bits per heavy atom. The number of nitrogens with zero attached hydrogens (tertiary/aromatic N) is 2. The van der Waals surface area contributed by atoms with Crippen molar-refractivity contribution in [3.8, 4) is 34.6 Å². The molecule has 0 fully saturated rings. The molecule has 1 aromatic heterocycles. The monoisotopic (exact) mass is 504 g/mol. The number of nitriles is 1. The van der Waals surface area contributed by atoms with E-state index in [4.69, 9.17) is 29.0 Å². The molecule has 3 rings (SSSR count). The van der Waals surface area contributed by atoms with Crippen molar-refractivity contribution in [2.75, 3.05) is 20.3 Å². The molecule has 192 valence electrons. The van der Waals surface area contributed by atoms with Gasteiger partial charge in [-0.05, 0) is 61.9 Å². The normalized spacial score (nSPS) is 11.3. The fourth-order valence-corrected chi connectivity index (χ4v) is 3.50. The van der Waals surface area contributed by atoms with Crippen molar-refractivity contribution >= 4 is 11.9 Å². The van der Waals surface area contributed by atoms with Gasteiger partial charge < -0.3 is 24.1 Å². The Labute approximate surface area is 215 Å². The first-order valence-corrected chi connectivity index (χ1v) is 11.7. The van der Waals surface area contributed by atoms with Crippen molar-refractivity contribution in [1.82, 2.24) is 4.98 Å². The third kappa shape index (κ3) is 7.53. The Morgan fingerprint density at radius 3 is 2.57 bits per heavy atom. The summed E-state index contributed by atoms with van der Waals surface area (Å²) in [7, 11) is 1.51. The lowest BCUT2D eigenvalue weighted by Gasteiger charge is -2.20. The van der Waals surface area contributed by atoms with Crippen LogP contribution in [0.4, 0.5) is 0 Å². The van der Waals surface area contributed by atoms with Crippen LogP contribution >= 0.6 is 0 Å². The Hall–Kier alpha value is -4.42. The highest BCUT2D eigenvalue weighted by Gasteiger charge is 2.18. The number of hydrogen-bond acceptors (Lipinski definition) is 8. The number of carbonyl (C=O) groups is 2. The molecule has 0 aliphatic rings. The minimum atomic E-state index is -1.06. The maximum absolute atomic E-state index is 11.9. The second-order valence-corrected chi connectivity index (χ2v) is 8.04. The number of aromatic nitrogens is 1. The number of hydrogen-bond donors (Lipinski definition) is 1. The number of methoxy groups -OCH3 is 1. The fraction of sp³-hybridized carbons (Fsp3) is 0.286. The van der Waals surface area contributed by atoms with E-state index >= 15 is 0 Å². The average Bonchev–Trinajstić information content (AvgIpc) is 2.91. The van der Waals surface area contributed by atoms with E-state index in [1.807, 2.05) is 31.2 Å². The van der Waals surface area contributed by atoms with Crippen LogP contribution in [0.5, 0.6) is 17.2 Å². The standard InChI is InChI=1S/C28H28N2O7/c1-4-35-17-26(36-21-10-11-24(18(2)14-21)37-28(33)13-12-27(31)32)23-7-5-6-22(30-23)19-8-9-20(16-29)25(15-19)34-3/h5-11,14-15,26H,4,12-13,17H2,1-3H3,(H,31,32)/t26-/m1/s1. The molecule has 3 aromatic rings. The van der Waals surface area contributed by atoms with Crippen molar-refractivity contribution in [1.29, 1.82) is 5.26 Å². The molecule has 37 heavy (non-hydrogen) atoms. The van der Waals surface area contributed by atoms with Crippen molar-refractivity contribution in [2.45, 2.75) is 32.8 Å². The largest absolute Gasteiger partial charge is 0.495 e. The number of carboxylic acids is 1. The Morgan fingerprint density at radius 1 is 1.08 bits per heavy atom. The van der Waals surface area contributed by atoms with Crippen LogP contribution in [-0.2, 0) is 14.3 Å². The smallest absolute Gasteiger partial charge is 0.311 e. The van der Waals surface area contributed by atoms with Gasteiger partial charge in [-0.1, -0.05) is 12.1 Å². The van der Waals surface area contributed by atoms with Crippen molar-refractivity contribution in [3.63, 3.8) is 0 Å². The zero-order valence-electron chi connectivity index (χ0n) is 20.9. The SMILES string of the molecule is CCOC[C@@H](Oc1ccc(OC(=O)CCC(=O)O)c(C)c1)c1cccc(-c2ccc(C#N)c(OC)c2)n1. The van der Waals surface area contributed by atoms with Gasteiger partial charge in [0.2, 0.25) is 0 Å². The van der Waals surface area contributed by atoms with Gasteiger partial charge in [0, 0.05) is 12.2 Å². The summed E-state index contributed by atoms with van der Waals surface area (Å²) in [5.41, 5.74) is 3.22. The first kappa shape index (κ1) is 27.2. The molecule has 0 aliphatic carbocycles. The third-order valence-corrected chi connectivity index (χ3v) is 5.38. The van der Waals surface area contributed by atoms with E-state index in [-0.39, 0.29) is 19.4 Å². The van der Waals surface area contributed by atoms with E-state index in [1.54, 1.807) is 37.3 Å². The number of ether oxygens (including phenoxy) is 4. The summed E-state index contributed by atoms with van der Waals surface area (Å²) in [5.74, 6) is -0.352. The van der Waals surface area contributed by atoms with Gasteiger partial charge in [-0.3, -0.25) is 9.59 Å². The van der Waals surface area contributed by atoms with Crippen LogP contribution in [0.3, 0.4) is 0 Å². The molecule has 9 nitrogen and oxygen atoms in total. The molecule has 0 unspecified atom stereocenters. The summed E-state index contributed by atoms with van der Waals surface area (Å²) in [6.07, 6.45) is -1.03. The summed E-state index contributed by atoms with van der Waals surface area (Å²) < 4.78 is 22.5. The highest BCUT2D eigenvalue weighted by atomic mass is 16.5. The molecule has 1 atom stereocenters. The quantitative estimate of drug-likeness (QED) is 0.271. The summed E-state index contributed by atoms with van der Waals surface area (Å²) in [6.45, 7) is 4.41. The average molecular weight is 505 g/mol. The van der Waals surface area contributed by atoms with Gasteiger partial charge in [-0.25, -0.2) is 4.98 Å². The molecule has 0 saturated heterocycles. The van der Waals surface area contributed by atoms with Crippen molar-refractivity contribution in [2.24, 2.45) is 0 Å². The van der Waals surface area contributed by atoms with Crippen LogP contribution in [0.2, 0.25) is 0 Å². The van der Waals surface area contributed by atoms with E-state index in [9.17, 15) is 14.9 Å². The summed E-state index contributed by atoms with van der Waals surface area (Å²) in [5, 5.41) is 18.0. The molecule has 0 bridgehead atoms. The molecule has 9 heteroatoms. The topological polar surface area (TPSA) is 128 Å². The molecule has 0 aliphatic heterocycles. The van der Waals surface area contributed by atoms with Crippen LogP contribution in [0.15, 0.2) is 54.6 Å². The molecule has 2 aromatic carbocycles. The van der Waals surface area contributed by atoms with Gasteiger partial charge in [0.1, 0.15) is 23.3 Å². The summed E-state index contributed by atoms with van der Waals surface area (Å²) in [4.78, 5) is 27.3. The molecule has 0 spiro atoms. The van der Waals surface area contributed by atoms with Gasteiger partial charge in [-0.2, -0.15) is 5.26 Å². The molecule has 1 N–H and O–H groups in total. The number of aryl methyl sites for hydroxylation is 1. The fourth-order valence-electron chi connectivity index (χ4n) is 3.50. The number of benzene rings is 2. The second kappa shape index (κ2) is 13.0. The van der Waals surface area contributed by atoms with Crippen molar-refractivity contribution in [3.05, 3.63) is 71.4 Å². The zero-order valence-corrected chi connectivity index (χ0v) is 20.9. The first-order chi connectivity index (χ1) is 17.8. The van der Waals surface area contributed by atoms with Gasteiger partial charge in [0.15, 0.2) is 6.10 Å². The number of pyridine rings is 1. The Balaban J connectivity index is 1.82. The minimum Gasteiger partial charge on any atom is -0.495 e. The lowest BCUT2D eigenvalue weighted by atomic mass is 10.1. The molecule has 0 amide bonds. The highest BCUT2D eigenvalue weighted by molar-refractivity contribution is 5.78. The third-order valence-electron chi connectivity index (χ3n) is 5.38. The van der Waals surface area contributed by atoms with Crippen LogP contribution in [0.25, 0.3) is 11.3 Å². The molecule has 1 heterocycles. The van der Waals surface area contributed by atoms with E-state index in [2.05, 4.69) is 6.07 Å². The molecule has 0 radical (unpaired) electrons. The van der Waals surface area contributed by atoms with Gasteiger partial charge in [0.05, 0.1) is 43.5 Å². The predicted octanol–water partition coefficient (Wildman–Crippen LogP) is 4.86. The number of rotatable bonds is 12. The molecule has 0 saturated carbocycles. The lowest BCUT2D eigenvalue weighted by Crippen LogP contribution is -2.16. The van der Waals surface area contributed by atoms with E-state index in [0.717, 1.165) is 5.56 Å². The van der Waals surface area contributed by atoms with Crippen molar-refractivity contribution < 1.29 is 33.6 Å². The van der Waals surface area contributed by atoms with Crippen LogP contribution in [-0.4, -0.2) is 42.4 Å². The number of aliphatic carboxylic acids is 1. The van der Waals surface area contributed by atoms with E-state index in [1.165, 1.54) is 7.11 Å². The number of esters is 1. The van der Waals surface area contributed by atoms with Crippen LogP contribution < -0.4 is 14.2 Å². The molecular formula is C28H28N2O7. The number of carbonyl (C=O) groups excluding carboxylic acids is 1.